The summed E-state index contributed by atoms with van der Waals surface area (Å²) in [4.78, 5) is 37.9. The third-order valence-corrected chi connectivity index (χ3v) is 16.9. The molecule has 0 spiro atoms. The van der Waals surface area contributed by atoms with Gasteiger partial charge in [0.1, 0.15) is 19.3 Å². The van der Waals surface area contributed by atoms with Crippen LogP contribution in [0.1, 0.15) is 335 Å². The van der Waals surface area contributed by atoms with Gasteiger partial charge in [-0.15, -0.1) is 0 Å². The lowest BCUT2D eigenvalue weighted by Crippen LogP contribution is -2.47. The highest BCUT2D eigenvalue weighted by molar-refractivity contribution is 7.47. The second-order valence-corrected chi connectivity index (χ2v) is 26.9. The first-order valence-corrected chi connectivity index (χ1v) is 37.3. The molecule has 0 aliphatic heterocycles. The number of quaternary nitrogens is 1. The van der Waals surface area contributed by atoms with Crippen LogP contribution in [0.4, 0.5) is 0 Å². The molecule has 0 aromatic carbocycles. The highest BCUT2D eigenvalue weighted by Gasteiger charge is 2.30. The summed E-state index contributed by atoms with van der Waals surface area (Å²) in [5.41, 5.74) is 0. The van der Waals surface area contributed by atoms with E-state index in [1.165, 1.54) is 225 Å². The molecule has 2 N–H and O–H groups in total. The number of phosphoric acid groups is 1. The zero-order chi connectivity index (χ0) is 61.4. The number of amides is 1. The van der Waals surface area contributed by atoms with Crippen molar-refractivity contribution < 1.29 is 37.3 Å². The van der Waals surface area contributed by atoms with Gasteiger partial charge in [-0.3, -0.25) is 18.6 Å². The molecule has 9 nitrogen and oxygen atoms in total. The molecule has 0 aliphatic rings. The molecule has 10 heteroatoms. The Bertz CT molecular complexity index is 1670. The van der Waals surface area contributed by atoms with Crippen molar-refractivity contribution in [1.82, 2.24) is 5.32 Å². The van der Waals surface area contributed by atoms with Crippen LogP contribution in [0.3, 0.4) is 0 Å². The Balaban J connectivity index is 5.07. The van der Waals surface area contributed by atoms with Crippen LogP contribution in [0.2, 0.25) is 0 Å². The lowest BCUT2D eigenvalue weighted by Gasteiger charge is -2.27. The Hall–Kier alpha value is -2.55. The molecule has 1 amide bonds. The van der Waals surface area contributed by atoms with Crippen LogP contribution in [-0.2, 0) is 27.9 Å². The number of nitrogens with one attached hydrogen (secondary N) is 1. The minimum Gasteiger partial charge on any atom is -0.456 e. The van der Waals surface area contributed by atoms with Crippen molar-refractivity contribution in [2.75, 3.05) is 40.9 Å². The number of ether oxygens (including phenoxy) is 1. The monoisotopic (exact) mass is 1200 g/mol. The van der Waals surface area contributed by atoms with Gasteiger partial charge < -0.3 is 19.4 Å². The minimum atomic E-state index is -4.46. The van der Waals surface area contributed by atoms with Gasteiger partial charge in [0.05, 0.1) is 33.8 Å². The summed E-state index contributed by atoms with van der Waals surface area (Å²) in [6.45, 7) is 6.99. The van der Waals surface area contributed by atoms with Crippen LogP contribution in [0.15, 0.2) is 72.9 Å². The van der Waals surface area contributed by atoms with E-state index in [4.69, 9.17) is 13.8 Å². The molecule has 0 aromatic rings. The van der Waals surface area contributed by atoms with Crippen molar-refractivity contribution in [3.8, 4) is 0 Å². The number of hydrogen-bond donors (Lipinski definition) is 2. The predicted octanol–water partition coefficient (Wildman–Crippen LogP) is 22.7. The molecule has 3 unspecified atom stereocenters. The van der Waals surface area contributed by atoms with Gasteiger partial charge in [0.2, 0.25) is 5.91 Å². The number of unbranched alkanes of at least 4 members (excludes halogenated alkanes) is 39. The van der Waals surface area contributed by atoms with E-state index in [0.29, 0.717) is 17.4 Å². The number of likely N-dealkylation sites (N-methyl/N-ethyl adjacent to an activating group) is 1. The maximum Gasteiger partial charge on any atom is 0.472 e. The average molecular weight is 1200 g/mol. The summed E-state index contributed by atoms with van der Waals surface area (Å²) in [7, 11) is 1.50. The molecule has 0 fully saturated rings. The molecule has 0 heterocycles. The molecule has 0 aromatic heterocycles. The molecular weight excluding hydrogens is 1060 g/mol. The number of carbonyl (C=O) groups excluding carboxylic acids is 2. The van der Waals surface area contributed by atoms with Gasteiger partial charge in [0.15, 0.2) is 0 Å². The first-order valence-electron chi connectivity index (χ1n) is 35.8. The third-order valence-electron chi connectivity index (χ3n) is 15.9. The standard InChI is InChI=1S/C74H137N2O7P/c1-7-10-13-16-19-22-25-28-30-32-34-36-38-40-42-44-46-48-51-54-57-60-63-66-73(77)75-71(70-82-84(79,80)81-69-68-76(4,5)6)72(65-62-59-56-53-50-27-24-21-18-15-12-9-3)83-74(78)67-64-61-58-55-52-49-47-45-43-41-39-37-35-33-31-29-26-23-20-17-14-11-8-2/h19-20,22-23,28-31,34,36,62,65,71-72H,7-18,21,24-27,32-33,35,37-61,63-64,66-70H2,1-6H3,(H-,75,77,79,80)/p+1/b22-19-,23-20-,30-28-,31-29-,36-34-,65-62+. The van der Waals surface area contributed by atoms with Crippen molar-refractivity contribution in [2.45, 2.75) is 348 Å². The zero-order valence-corrected chi connectivity index (χ0v) is 57.0. The van der Waals surface area contributed by atoms with E-state index >= 15 is 0 Å². The SMILES string of the molecule is CCCCC/C=C\C/C=C\C/C=C\CCCCCCCCCCCCC(=O)NC(COP(=O)(O)OCC[N+](C)(C)C)C(/C=C/CCCCCCCCCCCC)OC(=O)CCCCCCCCCCCCCCC/C=C\C/C=C\CCCCC. The maximum absolute atomic E-state index is 13.6. The van der Waals surface area contributed by atoms with E-state index in [1.807, 2.05) is 33.3 Å². The van der Waals surface area contributed by atoms with Crippen LogP contribution in [0.25, 0.3) is 0 Å². The summed E-state index contributed by atoms with van der Waals surface area (Å²) in [6, 6.07) is -0.853. The number of hydrogen-bond acceptors (Lipinski definition) is 6. The van der Waals surface area contributed by atoms with E-state index in [1.54, 1.807) is 0 Å². The van der Waals surface area contributed by atoms with Gasteiger partial charge in [-0.05, 0) is 102 Å². The maximum atomic E-state index is 13.6. The first kappa shape index (κ1) is 81.5. The van der Waals surface area contributed by atoms with Crippen LogP contribution in [0, 0.1) is 0 Å². The van der Waals surface area contributed by atoms with E-state index in [9.17, 15) is 19.0 Å². The highest BCUT2D eigenvalue weighted by Crippen LogP contribution is 2.43. The summed E-state index contributed by atoms with van der Waals surface area (Å²) >= 11 is 0. The lowest BCUT2D eigenvalue weighted by atomic mass is 10.0. The van der Waals surface area contributed by atoms with Crippen LogP contribution < -0.4 is 5.32 Å². The Morgan fingerprint density at radius 2 is 0.726 bits per heavy atom. The zero-order valence-electron chi connectivity index (χ0n) is 56.1. The van der Waals surface area contributed by atoms with Gasteiger partial charge in [-0.1, -0.05) is 293 Å². The fourth-order valence-electron chi connectivity index (χ4n) is 10.3. The number of esters is 1. The molecule has 490 valence electrons. The largest absolute Gasteiger partial charge is 0.472 e. The first-order chi connectivity index (χ1) is 40.9. The van der Waals surface area contributed by atoms with Crippen molar-refractivity contribution in [2.24, 2.45) is 0 Å². The molecule has 0 aliphatic carbocycles. The summed E-state index contributed by atoms with van der Waals surface area (Å²) in [6.07, 6.45) is 83.3. The van der Waals surface area contributed by atoms with Gasteiger partial charge in [0, 0.05) is 12.8 Å². The van der Waals surface area contributed by atoms with Gasteiger partial charge in [0.25, 0.3) is 0 Å². The number of nitrogens with zero attached hydrogens (tertiary/aromatic N) is 1. The smallest absolute Gasteiger partial charge is 0.456 e. The molecule has 0 rings (SSSR count). The number of phosphoric ester groups is 1. The predicted molar refractivity (Wildman–Crippen MR) is 365 cm³/mol. The molecule has 0 saturated heterocycles. The van der Waals surface area contributed by atoms with Gasteiger partial charge >= 0.3 is 13.8 Å². The van der Waals surface area contributed by atoms with Crippen LogP contribution >= 0.6 is 7.82 Å². The summed E-state index contributed by atoms with van der Waals surface area (Å²) in [5.74, 6) is -0.500. The van der Waals surface area contributed by atoms with E-state index < -0.39 is 20.0 Å². The van der Waals surface area contributed by atoms with E-state index in [2.05, 4.69) is 86.8 Å². The Morgan fingerprint density at radius 3 is 1.11 bits per heavy atom. The van der Waals surface area contributed by atoms with E-state index in [0.717, 1.165) is 77.0 Å². The van der Waals surface area contributed by atoms with Crippen molar-refractivity contribution in [3.05, 3.63) is 72.9 Å². The average Bonchev–Trinajstić information content (AvgIpc) is 3.64. The second kappa shape index (κ2) is 63.5. The minimum absolute atomic E-state index is 0.0383. The Kier molecular flexibility index (Phi) is 61.5. The molecule has 0 radical (unpaired) electrons. The fourth-order valence-corrected chi connectivity index (χ4v) is 11.1. The topological polar surface area (TPSA) is 111 Å². The Labute approximate surface area is 521 Å². The third kappa shape index (κ3) is 63.9. The van der Waals surface area contributed by atoms with Crippen LogP contribution in [0.5, 0.6) is 0 Å². The molecule has 3 atom stereocenters. The highest BCUT2D eigenvalue weighted by atomic mass is 31.2. The van der Waals surface area contributed by atoms with Gasteiger partial charge in [-0.25, -0.2) is 4.57 Å². The van der Waals surface area contributed by atoms with Crippen molar-refractivity contribution in [1.29, 1.82) is 0 Å². The van der Waals surface area contributed by atoms with Crippen molar-refractivity contribution in [3.63, 3.8) is 0 Å². The second-order valence-electron chi connectivity index (χ2n) is 25.4. The number of carbonyl (C=O) groups is 2. The molecule has 84 heavy (non-hydrogen) atoms. The van der Waals surface area contributed by atoms with Crippen LogP contribution in [-0.4, -0.2) is 74.3 Å². The van der Waals surface area contributed by atoms with Gasteiger partial charge in [-0.2, -0.15) is 0 Å². The normalized spacial score (nSPS) is 13.9. The lowest BCUT2D eigenvalue weighted by molar-refractivity contribution is -0.870. The number of rotatable bonds is 65. The van der Waals surface area contributed by atoms with E-state index in [-0.39, 0.29) is 31.5 Å². The Morgan fingerprint density at radius 1 is 0.417 bits per heavy atom. The quantitative estimate of drug-likeness (QED) is 0.0205. The molecule has 0 bridgehead atoms. The fraction of sp³-hybridized carbons (Fsp3) is 0.811. The summed E-state index contributed by atoms with van der Waals surface area (Å²) in [5, 5.41) is 3.07. The molecular formula is C74H138N2O7P+. The summed E-state index contributed by atoms with van der Waals surface area (Å²) < 4.78 is 30.8. The molecule has 0 saturated carbocycles. The van der Waals surface area contributed by atoms with Crippen molar-refractivity contribution >= 4 is 19.7 Å². The number of allylic oxidation sites excluding steroid dienone is 11.